The summed E-state index contributed by atoms with van der Waals surface area (Å²) in [6, 6.07) is 0. The van der Waals surface area contributed by atoms with Gasteiger partial charge in [0.1, 0.15) is 0 Å². The van der Waals surface area contributed by atoms with Crippen LogP contribution in [-0.2, 0) is 16.3 Å². The van der Waals surface area contributed by atoms with E-state index < -0.39 is 0 Å². The molecule has 0 saturated heterocycles. The summed E-state index contributed by atoms with van der Waals surface area (Å²) in [5.41, 5.74) is 2.02. The molecule has 5 nitrogen and oxygen atoms in total. The maximum absolute atomic E-state index is 12.3. The summed E-state index contributed by atoms with van der Waals surface area (Å²) in [5.74, 6) is 3.24. The Kier molecular flexibility index (Phi) is 6.59. The number of thioether (sulfide) groups is 1. The van der Waals surface area contributed by atoms with Gasteiger partial charge in [-0.25, -0.2) is 4.79 Å². The van der Waals surface area contributed by atoms with Gasteiger partial charge in [-0.05, 0) is 12.8 Å². The highest BCUT2D eigenvalue weighted by Crippen LogP contribution is 2.34. The minimum absolute atomic E-state index is 0.00181. The van der Waals surface area contributed by atoms with E-state index in [4.69, 9.17) is 23.2 Å². The minimum Gasteiger partial charge on any atom is -0.271 e. The molecule has 1 amide bonds. The van der Waals surface area contributed by atoms with Crippen LogP contribution in [0.3, 0.4) is 0 Å². The number of amides is 1. The van der Waals surface area contributed by atoms with Crippen LogP contribution in [0.2, 0.25) is 0 Å². The van der Waals surface area contributed by atoms with Crippen molar-refractivity contribution in [2.75, 3.05) is 23.7 Å². The summed E-state index contributed by atoms with van der Waals surface area (Å²) in [6.07, 6.45) is 2.10. The van der Waals surface area contributed by atoms with Crippen LogP contribution in [0, 0.1) is 0 Å². The Morgan fingerprint density at radius 3 is 2.59 bits per heavy atom. The number of rotatable bonds is 7. The first kappa shape index (κ1) is 17.6. The fourth-order valence-electron chi connectivity index (χ4n) is 2.40. The Hall–Kier alpha value is -0.720. The van der Waals surface area contributed by atoms with Crippen molar-refractivity contribution in [1.82, 2.24) is 4.68 Å². The number of H-pyrrole nitrogens is 1. The molecule has 0 spiro atoms. The molecule has 22 heavy (non-hydrogen) atoms. The Balaban J connectivity index is 2.22. The van der Waals surface area contributed by atoms with Crippen LogP contribution >= 0.6 is 35.0 Å². The van der Waals surface area contributed by atoms with Crippen LogP contribution in [0.5, 0.6) is 0 Å². The van der Waals surface area contributed by atoms with Crippen molar-refractivity contribution >= 4 is 52.6 Å². The summed E-state index contributed by atoms with van der Waals surface area (Å²) in [5, 5.41) is 3.10. The topological polar surface area (TPSA) is 56.5 Å². The smallest absolute Gasteiger partial charge is 0.271 e. The quantitative estimate of drug-likeness (QED) is 0.698. The molecule has 0 fully saturated rings. The molecule has 1 aromatic heterocycles. The molecule has 0 saturated carbocycles. The lowest BCUT2D eigenvalue weighted by Gasteiger charge is -2.07. The standard InChI is InChI=1S/C14H19Cl2N3O2S/c1-18(12(20)4-2-6-15)14-10-8-22-9-11(10)19(17-14)13(21)5-3-7-16/h2-9H2,1H3/p+1. The van der Waals surface area contributed by atoms with Crippen LogP contribution in [0.1, 0.15) is 41.7 Å². The summed E-state index contributed by atoms with van der Waals surface area (Å²) < 4.78 is 1.59. The molecule has 1 aromatic rings. The number of anilines is 1. The number of nitrogens with zero attached hydrogens (tertiary/aromatic N) is 2. The molecular formula is C14H20Cl2N3O2S+. The highest BCUT2D eigenvalue weighted by molar-refractivity contribution is 7.98. The lowest BCUT2D eigenvalue weighted by molar-refractivity contribution is -0.459. The van der Waals surface area contributed by atoms with Crippen LogP contribution in [0.15, 0.2) is 0 Å². The number of nitrogens with one attached hydrogen (secondary N) is 1. The van der Waals surface area contributed by atoms with Crippen LogP contribution < -0.4 is 10.00 Å². The molecule has 1 N–H and O–H groups in total. The monoisotopic (exact) mass is 364 g/mol. The van der Waals surface area contributed by atoms with Crippen molar-refractivity contribution in [3.05, 3.63) is 11.3 Å². The second-order valence-corrected chi connectivity index (χ2v) is 6.89. The van der Waals surface area contributed by atoms with E-state index in [9.17, 15) is 9.59 Å². The predicted molar refractivity (Wildman–Crippen MR) is 89.9 cm³/mol. The van der Waals surface area contributed by atoms with Gasteiger partial charge >= 0.3 is 11.7 Å². The third kappa shape index (κ3) is 3.78. The van der Waals surface area contributed by atoms with Crippen LogP contribution in [0.25, 0.3) is 0 Å². The van der Waals surface area contributed by atoms with Gasteiger partial charge < -0.3 is 0 Å². The predicted octanol–water partition coefficient (Wildman–Crippen LogP) is 2.69. The molecule has 2 rings (SSSR count). The third-order valence-corrected chi connectivity index (χ3v) is 5.12. The molecule has 0 unspecified atom stereocenters. The number of fused-ring (bicyclic) bond motifs is 1. The van der Waals surface area contributed by atoms with Gasteiger partial charge in [0.25, 0.3) is 5.91 Å². The molecule has 8 heteroatoms. The molecule has 2 heterocycles. The van der Waals surface area contributed by atoms with E-state index in [1.807, 2.05) is 0 Å². The van der Waals surface area contributed by atoms with E-state index in [1.54, 1.807) is 28.4 Å². The lowest BCUT2D eigenvalue weighted by Crippen LogP contribution is -2.35. The highest BCUT2D eigenvalue weighted by Gasteiger charge is 2.34. The summed E-state index contributed by atoms with van der Waals surface area (Å²) in [7, 11) is 1.74. The maximum Gasteiger partial charge on any atom is 0.309 e. The SMILES string of the molecule is CN(C(=O)CCCCl)c1[nH+]n(C(=O)CCCCl)c2c1CSC2. The van der Waals surface area contributed by atoms with E-state index in [2.05, 4.69) is 5.10 Å². The van der Waals surface area contributed by atoms with E-state index in [-0.39, 0.29) is 11.8 Å². The summed E-state index contributed by atoms with van der Waals surface area (Å²) >= 11 is 13.0. The number of carbonyl (C=O) groups excluding carboxylic acids is 2. The normalized spacial score (nSPS) is 13.2. The number of aromatic nitrogens is 2. The zero-order valence-corrected chi connectivity index (χ0v) is 14.9. The number of halogens is 2. The molecule has 0 aliphatic carbocycles. The Morgan fingerprint density at radius 1 is 1.23 bits per heavy atom. The summed E-state index contributed by atoms with van der Waals surface area (Å²) in [4.78, 5) is 26.1. The fourth-order valence-corrected chi connectivity index (χ4v) is 3.77. The largest absolute Gasteiger partial charge is 0.309 e. The molecule has 0 aromatic carbocycles. The van der Waals surface area contributed by atoms with Gasteiger partial charge in [0.05, 0.1) is 24.7 Å². The van der Waals surface area contributed by atoms with Gasteiger partial charge in [-0.2, -0.15) is 26.4 Å². The van der Waals surface area contributed by atoms with E-state index in [1.165, 1.54) is 0 Å². The Morgan fingerprint density at radius 2 is 1.91 bits per heavy atom. The zero-order valence-electron chi connectivity index (χ0n) is 12.5. The molecular weight excluding hydrogens is 345 g/mol. The Labute approximate surface area is 144 Å². The molecule has 1 aliphatic heterocycles. The number of carbonyl (C=O) groups is 2. The highest BCUT2D eigenvalue weighted by atomic mass is 35.5. The second kappa shape index (κ2) is 8.22. The first-order valence-corrected chi connectivity index (χ1v) is 9.47. The molecule has 0 radical (unpaired) electrons. The van der Waals surface area contributed by atoms with Gasteiger partial charge in [-0.15, -0.1) is 23.2 Å². The van der Waals surface area contributed by atoms with Crippen molar-refractivity contribution in [3.63, 3.8) is 0 Å². The van der Waals surface area contributed by atoms with Crippen molar-refractivity contribution in [1.29, 1.82) is 0 Å². The van der Waals surface area contributed by atoms with Crippen LogP contribution in [-0.4, -0.2) is 35.3 Å². The van der Waals surface area contributed by atoms with Gasteiger partial charge in [0.15, 0.2) is 0 Å². The second-order valence-electron chi connectivity index (χ2n) is 5.15. The van der Waals surface area contributed by atoms with E-state index in [0.29, 0.717) is 37.4 Å². The van der Waals surface area contributed by atoms with E-state index >= 15 is 0 Å². The van der Waals surface area contributed by atoms with Gasteiger partial charge in [0, 0.05) is 29.7 Å². The average Bonchev–Trinajstić information content (AvgIpc) is 3.11. The first-order valence-electron chi connectivity index (χ1n) is 7.25. The maximum atomic E-state index is 12.3. The van der Waals surface area contributed by atoms with E-state index in [0.717, 1.165) is 28.6 Å². The number of hydrogen-bond donors (Lipinski definition) is 0. The van der Waals surface area contributed by atoms with Crippen molar-refractivity contribution < 1.29 is 14.7 Å². The zero-order chi connectivity index (χ0) is 16.1. The summed E-state index contributed by atoms with van der Waals surface area (Å²) in [6.45, 7) is 0. The Bertz CT molecular complexity index is 563. The average molecular weight is 365 g/mol. The first-order chi connectivity index (χ1) is 10.6. The van der Waals surface area contributed by atoms with Gasteiger partial charge in [-0.3, -0.25) is 4.79 Å². The molecule has 0 atom stereocenters. The number of aromatic amines is 1. The van der Waals surface area contributed by atoms with Crippen molar-refractivity contribution in [2.45, 2.75) is 37.2 Å². The molecule has 122 valence electrons. The lowest BCUT2D eigenvalue weighted by atomic mass is 10.2. The van der Waals surface area contributed by atoms with Gasteiger partial charge in [-0.1, -0.05) is 0 Å². The third-order valence-electron chi connectivity index (χ3n) is 3.61. The van der Waals surface area contributed by atoms with Gasteiger partial charge in [0.2, 0.25) is 0 Å². The number of alkyl halides is 2. The van der Waals surface area contributed by atoms with Crippen molar-refractivity contribution in [3.8, 4) is 0 Å². The fraction of sp³-hybridized carbons (Fsp3) is 0.643. The molecule has 0 bridgehead atoms. The molecule has 1 aliphatic rings. The van der Waals surface area contributed by atoms with Crippen molar-refractivity contribution in [2.24, 2.45) is 0 Å². The minimum atomic E-state index is -0.00717. The van der Waals surface area contributed by atoms with Crippen LogP contribution in [0.4, 0.5) is 5.82 Å². The number of hydrogen-bond acceptors (Lipinski definition) is 3.